The normalized spacial score (nSPS) is 17.2. The maximum absolute atomic E-state index is 10.5. The largest absolute Gasteiger partial charge is 0.308 e. The number of hydrogen-bond donors (Lipinski definition) is 1. The Hall–Kier alpha value is -1.45. The summed E-state index contributed by atoms with van der Waals surface area (Å²) in [5.41, 5.74) is 1.68. The van der Waals surface area contributed by atoms with Gasteiger partial charge in [-0.1, -0.05) is 0 Å². The Kier molecular flexibility index (Phi) is 2.38. The highest BCUT2D eigenvalue weighted by atomic mass is 16.6. The molecule has 0 atom stereocenters. The minimum absolute atomic E-state index is 0.153. The van der Waals surface area contributed by atoms with Gasteiger partial charge < -0.3 is 5.41 Å². The van der Waals surface area contributed by atoms with Crippen LogP contribution in [-0.2, 0) is 0 Å². The third-order valence-electron chi connectivity index (χ3n) is 1.93. The van der Waals surface area contributed by atoms with Crippen molar-refractivity contribution in [3.05, 3.63) is 33.0 Å². The topological polar surface area (TPSA) is 67.0 Å². The molecule has 1 aliphatic carbocycles. The maximum atomic E-state index is 10.5. The third kappa shape index (κ3) is 1.58. The molecule has 0 aromatic carbocycles. The molecule has 0 unspecified atom stereocenters. The van der Waals surface area contributed by atoms with E-state index in [9.17, 15) is 10.1 Å². The van der Waals surface area contributed by atoms with Gasteiger partial charge in [0.1, 0.15) is 0 Å². The van der Waals surface area contributed by atoms with Crippen molar-refractivity contribution in [1.82, 2.24) is 0 Å². The molecule has 0 heterocycles. The van der Waals surface area contributed by atoms with Crippen molar-refractivity contribution in [2.24, 2.45) is 0 Å². The van der Waals surface area contributed by atoms with Gasteiger partial charge in [-0.05, 0) is 25.3 Å². The predicted molar refractivity (Wildman–Crippen MR) is 45.8 cm³/mol. The first kappa shape index (κ1) is 8.64. The van der Waals surface area contributed by atoms with Crippen molar-refractivity contribution in [3.8, 4) is 0 Å². The van der Waals surface area contributed by atoms with E-state index in [-0.39, 0.29) is 5.70 Å². The summed E-state index contributed by atoms with van der Waals surface area (Å²) in [5, 5.41) is 17.4. The lowest BCUT2D eigenvalue weighted by atomic mass is 9.98. The second kappa shape index (κ2) is 3.30. The average Bonchev–Trinajstić information content (AvgIpc) is 2.05. The lowest BCUT2D eigenvalue weighted by Crippen LogP contribution is -2.05. The summed E-state index contributed by atoms with van der Waals surface area (Å²) >= 11 is 0. The molecule has 0 aromatic heterocycles. The maximum Gasteiger partial charge on any atom is 0.268 e. The zero-order valence-corrected chi connectivity index (χ0v) is 6.83. The van der Waals surface area contributed by atoms with E-state index in [4.69, 9.17) is 5.41 Å². The third-order valence-corrected chi connectivity index (χ3v) is 1.93. The van der Waals surface area contributed by atoms with Crippen LogP contribution in [0.1, 0.15) is 19.8 Å². The molecular weight excluding hydrogens is 156 g/mol. The average molecular weight is 166 g/mol. The molecule has 0 saturated heterocycles. The summed E-state index contributed by atoms with van der Waals surface area (Å²) in [6.07, 6.45) is 4.09. The monoisotopic (exact) mass is 166 g/mol. The van der Waals surface area contributed by atoms with E-state index in [2.05, 4.69) is 0 Å². The first-order valence-electron chi connectivity index (χ1n) is 3.70. The SMILES string of the molecule is CC1=C([N+](=O)[O-])C=C(C=N)CC1. The van der Waals surface area contributed by atoms with Gasteiger partial charge >= 0.3 is 0 Å². The summed E-state index contributed by atoms with van der Waals surface area (Å²) in [6.45, 7) is 1.76. The van der Waals surface area contributed by atoms with Gasteiger partial charge in [0.25, 0.3) is 5.70 Å². The van der Waals surface area contributed by atoms with Crippen molar-refractivity contribution in [3.63, 3.8) is 0 Å². The Balaban J connectivity index is 3.02. The zero-order chi connectivity index (χ0) is 9.14. The van der Waals surface area contributed by atoms with E-state index >= 15 is 0 Å². The summed E-state index contributed by atoms with van der Waals surface area (Å²) in [7, 11) is 0. The molecule has 0 amide bonds. The number of rotatable bonds is 2. The second-order valence-corrected chi connectivity index (χ2v) is 2.79. The van der Waals surface area contributed by atoms with Crippen LogP contribution < -0.4 is 0 Å². The molecule has 64 valence electrons. The van der Waals surface area contributed by atoms with Gasteiger partial charge in [-0.15, -0.1) is 0 Å². The van der Waals surface area contributed by atoms with E-state index in [1.807, 2.05) is 0 Å². The molecule has 0 radical (unpaired) electrons. The van der Waals surface area contributed by atoms with E-state index in [1.165, 1.54) is 12.3 Å². The molecule has 0 aliphatic heterocycles. The summed E-state index contributed by atoms with van der Waals surface area (Å²) in [4.78, 5) is 10.1. The van der Waals surface area contributed by atoms with Crippen molar-refractivity contribution < 1.29 is 4.92 Å². The van der Waals surface area contributed by atoms with E-state index in [0.29, 0.717) is 6.42 Å². The minimum Gasteiger partial charge on any atom is -0.308 e. The van der Waals surface area contributed by atoms with Gasteiger partial charge in [-0.3, -0.25) is 10.1 Å². The molecular formula is C8H10N2O2. The molecule has 4 heteroatoms. The van der Waals surface area contributed by atoms with Crippen LogP contribution in [0.2, 0.25) is 0 Å². The molecule has 1 N–H and O–H groups in total. The lowest BCUT2D eigenvalue weighted by molar-refractivity contribution is -0.420. The van der Waals surface area contributed by atoms with Gasteiger partial charge in [0.05, 0.1) is 4.92 Å². The van der Waals surface area contributed by atoms with Crippen molar-refractivity contribution in [2.45, 2.75) is 19.8 Å². The van der Waals surface area contributed by atoms with E-state index < -0.39 is 4.92 Å². The molecule has 4 nitrogen and oxygen atoms in total. The first-order valence-corrected chi connectivity index (χ1v) is 3.70. The quantitative estimate of drug-likeness (QED) is 0.386. The number of nitro groups is 1. The van der Waals surface area contributed by atoms with Crippen LogP contribution in [0.3, 0.4) is 0 Å². The molecule has 0 aromatic rings. The molecule has 1 rings (SSSR count). The van der Waals surface area contributed by atoms with Gasteiger partial charge in [-0.2, -0.15) is 0 Å². The van der Waals surface area contributed by atoms with Crippen LogP contribution in [0.15, 0.2) is 22.9 Å². The smallest absolute Gasteiger partial charge is 0.268 e. The fraction of sp³-hybridized carbons (Fsp3) is 0.375. The Morgan fingerprint density at radius 1 is 1.67 bits per heavy atom. The van der Waals surface area contributed by atoms with Crippen molar-refractivity contribution in [2.75, 3.05) is 0 Å². The molecule has 0 spiro atoms. The van der Waals surface area contributed by atoms with Gasteiger partial charge in [0.15, 0.2) is 0 Å². The highest BCUT2D eigenvalue weighted by Gasteiger charge is 2.17. The lowest BCUT2D eigenvalue weighted by Gasteiger charge is -2.08. The predicted octanol–water partition coefficient (Wildman–Crippen LogP) is 1.91. The molecule has 0 fully saturated rings. The van der Waals surface area contributed by atoms with Gasteiger partial charge in [0.2, 0.25) is 0 Å². The highest BCUT2D eigenvalue weighted by Crippen LogP contribution is 2.22. The summed E-state index contributed by atoms with van der Waals surface area (Å²) in [6, 6.07) is 0. The Morgan fingerprint density at radius 3 is 2.83 bits per heavy atom. The Labute approximate surface area is 70.2 Å². The van der Waals surface area contributed by atoms with Crippen LogP contribution in [-0.4, -0.2) is 11.1 Å². The fourth-order valence-corrected chi connectivity index (χ4v) is 1.15. The molecule has 1 aliphatic rings. The fourth-order valence-electron chi connectivity index (χ4n) is 1.15. The van der Waals surface area contributed by atoms with E-state index in [0.717, 1.165) is 17.6 Å². The van der Waals surface area contributed by atoms with Crippen LogP contribution >= 0.6 is 0 Å². The summed E-state index contributed by atoms with van der Waals surface area (Å²) in [5.74, 6) is 0. The number of nitrogens with one attached hydrogen (secondary N) is 1. The Bertz CT molecular complexity index is 289. The van der Waals surface area contributed by atoms with Gasteiger partial charge in [0, 0.05) is 17.9 Å². The van der Waals surface area contributed by atoms with Crippen LogP contribution in [0, 0.1) is 15.5 Å². The van der Waals surface area contributed by atoms with Crippen LogP contribution in [0.4, 0.5) is 0 Å². The van der Waals surface area contributed by atoms with Crippen molar-refractivity contribution >= 4 is 6.21 Å². The van der Waals surface area contributed by atoms with Crippen LogP contribution in [0.5, 0.6) is 0 Å². The second-order valence-electron chi connectivity index (χ2n) is 2.79. The number of hydrogen-bond acceptors (Lipinski definition) is 3. The number of nitrogens with zero attached hydrogens (tertiary/aromatic N) is 1. The molecule has 12 heavy (non-hydrogen) atoms. The standard InChI is InChI=1S/C8H10N2O2/c1-6-2-3-7(5-9)4-8(6)10(11)12/h4-5,9H,2-3H2,1H3. The Morgan fingerprint density at radius 2 is 2.33 bits per heavy atom. The minimum atomic E-state index is -0.391. The summed E-state index contributed by atoms with van der Waals surface area (Å²) < 4.78 is 0. The van der Waals surface area contributed by atoms with E-state index in [1.54, 1.807) is 6.92 Å². The van der Waals surface area contributed by atoms with Gasteiger partial charge in [-0.25, -0.2) is 0 Å². The molecule has 0 saturated carbocycles. The molecule has 0 bridgehead atoms. The highest BCUT2D eigenvalue weighted by molar-refractivity contribution is 5.77. The number of allylic oxidation sites excluding steroid dienone is 3. The first-order chi connectivity index (χ1) is 5.65. The van der Waals surface area contributed by atoms with Crippen molar-refractivity contribution in [1.29, 1.82) is 5.41 Å². The van der Waals surface area contributed by atoms with Crippen LogP contribution in [0.25, 0.3) is 0 Å². The zero-order valence-electron chi connectivity index (χ0n) is 6.83.